The molecule has 0 aliphatic rings. The molecule has 19 heavy (non-hydrogen) atoms. The summed E-state index contributed by atoms with van der Waals surface area (Å²) in [6, 6.07) is 2.49. The zero-order valence-corrected chi connectivity index (χ0v) is 10.8. The third-order valence-corrected chi connectivity index (χ3v) is 2.28. The minimum absolute atomic E-state index is 0.0720. The number of rotatable bonds is 7. The first kappa shape index (κ1) is 14.8. The quantitative estimate of drug-likeness (QED) is 0.553. The normalized spacial score (nSPS) is 11.7. The summed E-state index contributed by atoms with van der Waals surface area (Å²) >= 11 is 0. The van der Waals surface area contributed by atoms with Crippen LogP contribution in [0, 0.1) is 0 Å². The van der Waals surface area contributed by atoms with Crippen LogP contribution in [0.4, 0.5) is 5.82 Å². The van der Waals surface area contributed by atoms with Gasteiger partial charge in [0, 0.05) is 13.7 Å². The number of ether oxygens (including phenoxy) is 1. The molecule has 0 saturated carbocycles. The monoisotopic (exact) mass is 267 g/mol. The van der Waals surface area contributed by atoms with Crippen LogP contribution < -0.4 is 16.4 Å². The molecule has 4 N–H and O–H groups in total. The number of nitrogens with two attached hydrogens (primary N) is 1. The van der Waals surface area contributed by atoms with Crippen LogP contribution in [0.3, 0.4) is 0 Å². The Kier molecular flexibility index (Phi) is 5.68. The lowest BCUT2D eigenvalue weighted by Crippen LogP contribution is -2.39. The molecule has 0 aliphatic carbocycles. The third-order valence-electron chi connectivity index (χ3n) is 2.28. The van der Waals surface area contributed by atoms with E-state index < -0.39 is 11.9 Å². The fourth-order valence-electron chi connectivity index (χ4n) is 1.26. The van der Waals surface area contributed by atoms with Crippen LogP contribution in [0.15, 0.2) is 12.1 Å². The summed E-state index contributed by atoms with van der Waals surface area (Å²) in [6.07, 6.45) is 0. The van der Waals surface area contributed by atoms with E-state index in [-0.39, 0.29) is 11.6 Å². The number of anilines is 1. The number of nitrogens with zero attached hydrogens (tertiary/aromatic N) is 2. The maximum Gasteiger partial charge on any atom is 0.269 e. The van der Waals surface area contributed by atoms with Crippen molar-refractivity contribution < 1.29 is 14.3 Å². The van der Waals surface area contributed by atoms with Crippen molar-refractivity contribution in [1.29, 1.82) is 0 Å². The van der Waals surface area contributed by atoms with E-state index in [4.69, 9.17) is 10.5 Å². The van der Waals surface area contributed by atoms with Crippen molar-refractivity contribution in [2.45, 2.75) is 13.0 Å². The largest absolute Gasteiger partial charge is 0.383 e. The van der Waals surface area contributed by atoms with Gasteiger partial charge in [0.1, 0.15) is 11.9 Å². The first-order chi connectivity index (χ1) is 9.04. The van der Waals surface area contributed by atoms with Gasteiger partial charge in [-0.05, 0) is 19.1 Å². The highest BCUT2D eigenvalue weighted by Gasteiger charge is 2.13. The van der Waals surface area contributed by atoms with E-state index in [1.54, 1.807) is 14.0 Å². The molecular formula is C11H17N5O3. The molecule has 1 atom stereocenters. The van der Waals surface area contributed by atoms with Crippen molar-refractivity contribution in [3.63, 3.8) is 0 Å². The van der Waals surface area contributed by atoms with Crippen molar-refractivity contribution >= 4 is 17.6 Å². The molecule has 8 heteroatoms. The Bertz CT molecular complexity index is 434. The molecule has 1 aromatic rings. The van der Waals surface area contributed by atoms with Gasteiger partial charge in [-0.25, -0.2) is 0 Å². The summed E-state index contributed by atoms with van der Waals surface area (Å²) in [5.74, 6) is -0.443. The van der Waals surface area contributed by atoms with Crippen LogP contribution in [-0.2, 0) is 9.53 Å². The van der Waals surface area contributed by atoms with Gasteiger partial charge in [0.25, 0.3) is 5.91 Å². The second kappa shape index (κ2) is 7.27. The van der Waals surface area contributed by atoms with Crippen molar-refractivity contribution in [2.75, 3.05) is 25.6 Å². The number of carbonyl (C=O) groups is 2. The topological polar surface area (TPSA) is 119 Å². The van der Waals surface area contributed by atoms with Crippen molar-refractivity contribution in [3.05, 3.63) is 17.8 Å². The maximum absolute atomic E-state index is 11.6. The van der Waals surface area contributed by atoms with Crippen LogP contribution in [0.2, 0.25) is 0 Å². The highest BCUT2D eigenvalue weighted by atomic mass is 16.5. The Morgan fingerprint density at radius 1 is 1.42 bits per heavy atom. The zero-order valence-electron chi connectivity index (χ0n) is 10.8. The number of aromatic nitrogens is 2. The van der Waals surface area contributed by atoms with Crippen molar-refractivity contribution in [2.24, 2.45) is 5.73 Å². The molecule has 1 heterocycles. The molecule has 2 amide bonds. The number of nitrogens with one attached hydrogen (secondary N) is 2. The number of hydrogen-bond donors (Lipinski definition) is 3. The smallest absolute Gasteiger partial charge is 0.269 e. The van der Waals surface area contributed by atoms with E-state index >= 15 is 0 Å². The fraction of sp³-hybridized carbons (Fsp3) is 0.455. The lowest BCUT2D eigenvalue weighted by atomic mass is 10.3. The van der Waals surface area contributed by atoms with Gasteiger partial charge < -0.3 is 21.1 Å². The molecule has 8 nitrogen and oxygen atoms in total. The summed E-state index contributed by atoms with van der Waals surface area (Å²) in [7, 11) is 1.56. The molecule has 1 aromatic heterocycles. The maximum atomic E-state index is 11.6. The molecule has 1 rings (SSSR count). The van der Waals surface area contributed by atoms with Crippen LogP contribution >= 0.6 is 0 Å². The number of carbonyl (C=O) groups excluding carboxylic acids is 2. The van der Waals surface area contributed by atoms with Crippen molar-refractivity contribution in [1.82, 2.24) is 15.5 Å². The molecule has 0 saturated heterocycles. The van der Waals surface area contributed by atoms with Crippen LogP contribution in [0.25, 0.3) is 0 Å². The minimum atomic E-state index is -0.649. The highest BCUT2D eigenvalue weighted by molar-refractivity contribution is 5.90. The van der Waals surface area contributed by atoms with Gasteiger partial charge in [-0.1, -0.05) is 0 Å². The molecule has 0 aromatic carbocycles. The van der Waals surface area contributed by atoms with Gasteiger partial charge >= 0.3 is 0 Å². The Morgan fingerprint density at radius 3 is 2.68 bits per heavy atom. The second-order valence-electron chi connectivity index (χ2n) is 3.82. The standard InChI is InChI=1S/C11H17N5O3/c1-7(11(18)13-5-6-19-2)14-9-4-3-8(10(12)17)15-16-9/h3-4,7H,5-6H2,1-2H3,(H2,12,17)(H,13,18)(H,14,16). The van der Waals surface area contributed by atoms with E-state index in [0.29, 0.717) is 19.0 Å². The van der Waals surface area contributed by atoms with Crippen LogP contribution in [0.1, 0.15) is 17.4 Å². The summed E-state index contributed by atoms with van der Waals surface area (Å²) in [5, 5.41) is 12.9. The van der Waals surface area contributed by atoms with Gasteiger partial charge in [0.05, 0.1) is 6.61 Å². The molecule has 0 bridgehead atoms. The van der Waals surface area contributed by atoms with E-state index in [0.717, 1.165) is 0 Å². The summed E-state index contributed by atoms with van der Waals surface area (Å²) in [5.41, 5.74) is 5.12. The molecule has 0 fully saturated rings. The summed E-state index contributed by atoms with van der Waals surface area (Å²) < 4.78 is 4.82. The fourth-order valence-corrected chi connectivity index (χ4v) is 1.26. The lowest BCUT2D eigenvalue weighted by molar-refractivity contribution is -0.121. The van der Waals surface area contributed by atoms with Crippen LogP contribution in [-0.4, -0.2) is 48.3 Å². The Balaban J connectivity index is 2.49. The number of hydrogen-bond acceptors (Lipinski definition) is 6. The van der Waals surface area contributed by atoms with E-state index in [1.807, 2.05) is 0 Å². The van der Waals surface area contributed by atoms with Crippen molar-refractivity contribution in [3.8, 4) is 0 Å². The van der Waals surface area contributed by atoms with Gasteiger partial charge in [0.15, 0.2) is 5.69 Å². The highest BCUT2D eigenvalue weighted by Crippen LogP contribution is 2.03. The summed E-state index contributed by atoms with van der Waals surface area (Å²) in [4.78, 5) is 22.5. The average molecular weight is 267 g/mol. The molecule has 0 aliphatic heterocycles. The van der Waals surface area contributed by atoms with Gasteiger partial charge in [0.2, 0.25) is 5.91 Å². The minimum Gasteiger partial charge on any atom is -0.383 e. The Hall–Kier alpha value is -2.22. The Labute approximate surface area is 110 Å². The second-order valence-corrected chi connectivity index (χ2v) is 3.82. The van der Waals surface area contributed by atoms with E-state index in [1.165, 1.54) is 12.1 Å². The molecular weight excluding hydrogens is 250 g/mol. The molecule has 0 radical (unpaired) electrons. The zero-order chi connectivity index (χ0) is 14.3. The average Bonchev–Trinajstić information content (AvgIpc) is 2.39. The van der Waals surface area contributed by atoms with Gasteiger partial charge in [-0.2, -0.15) is 0 Å². The van der Waals surface area contributed by atoms with E-state index in [2.05, 4.69) is 20.8 Å². The molecule has 1 unspecified atom stereocenters. The number of primary amides is 1. The third kappa shape index (κ3) is 4.88. The first-order valence-corrected chi connectivity index (χ1v) is 5.71. The van der Waals surface area contributed by atoms with Crippen LogP contribution in [0.5, 0.6) is 0 Å². The first-order valence-electron chi connectivity index (χ1n) is 5.71. The van der Waals surface area contributed by atoms with Gasteiger partial charge in [-0.15, -0.1) is 10.2 Å². The predicted molar refractivity (Wildman–Crippen MR) is 68.5 cm³/mol. The number of methoxy groups -OCH3 is 1. The summed E-state index contributed by atoms with van der Waals surface area (Å²) in [6.45, 7) is 2.57. The van der Waals surface area contributed by atoms with Gasteiger partial charge in [-0.3, -0.25) is 9.59 Å². The predicted octanol–water partition coefficient (Wildman–Crippen LogP) is -0.861. The molecule has 104 valence electrons. The molecule has 0 spiro atoms. The lowest BCUT2D eigenvalue weighted by Gasteiger charge is -2.14. The SMILES string of the molecule is COCCNC(=O)C(C)Nc1ccc(C(N)=O)nn1. The number of amides is 2. The Morgan fingerprint density at radius 2 is 2.16 bits per heavy atom. The van der Waals surface area contributed by atoms with E-state index in [9.17, 15) is 9.59 Å².